The molecular formula is C19H18F4N6O2. The lowest BCUT2D eigenvalue weighted by molar-refractivity contribution is -0.0533. The molecule has 1 atom stereocenters. The summed E-state index contributed by atoms with van der Waals surface area (Å²) in [7, 11) is 0. The molecular weight excluding hydrogens is 420 g/mol. The van der Waals surface area contributed by atoms with Crippen molar-refractivity contribution in [2.24, 2.45) is 0 Å². The van der Waals surface area contributed by atoms with Crippen molar-refractivity contribution in [2.45, 2.75) is 39.2 Å². The van der Waals surface area contributed by atoms with E-state index >= 15 is 0 Å². The average molecular weight is 438 g/mol. The Morgan fingerprint density at radius 3 is 2.58 bits per heavy atom. The Bertz CT molecular complexity index is 1170. The molecule has 4 heterocycles. The van der Waals surface area contributed by atoms with Gasteiger partial charge in [0.1, 0.15) is 0 Å². The maximum atomic E-state index is 14.1. The molecule has 3 aromatic heterocycles. The molecule has 164 valence electrons. The summed E-state index contributed by atoms with van der Waals surface area (Å²) in [6.45, 7) is 1.24. The van der Waals surface area contributed by atoms with E-state index in [-0.39, 0.29) is 35.1 Å². The van der Waals surface area contributed by atoms with Crippen LogP contribution in [-0.2, 0) is 5.41 Å². The number of amides is 2. The number of nitrogens with one attached hydrogen (secondary N) is 1. The number of alkyl halides is 4. The molecule has 0 radical (unpaired) electrons. The molecule has 2 amide bonds. The second-order valence-corrected chi connectivity index (χ2v) is 7.51. The topological polar surface area (TPSA) is 84.7 Å². The van der Waals surface area contributed by atoms with Crippen LogP contribution < -0.4 is 15.0 Å². The summed E-state index contributed by atoms with van der Waals surface area (Å²) in [4.78, 5) is 22.1. The monoisotopic (exact) mass is 438 g/mol. The van der Waals surface area contributed by atoms with E-state index in [2.05, 4.69) is 25.1 Å². The van der Waals surface area contributed by atoms with Gasteiger partial charge in [0.2, 0.25) is 5.88 Å². The number of anilines is 2. The standard InChI is InChI=1S/C19H18F4N6O2/c1-9-4-11(6-25-15(9)31-17(22)23)26-18(30)28-8-19(3,16(20)21)14-12(28)7-24-13-5-10(2)27-29(13)14/h4-7,16-17H,8H2,1-3H3,(H,26,30)/t19-/m1/s1. The highest BCUT2D eigenvalue weighted by Gasteiger charge is 2.50. The zero-order chi connectivity index (χ0) is 22.5. The first-order valence-corrected chi connectivity index (χ1v) is 9.24. The Balaban J connectivity index is 1.68. The summed E-state index contributed by atoms with van der Waals surface area (Å²) in [6.07, 6.45) is -0.263. The summed E-state index contributed by atoms with van der Waals surface area (Å²) < 4.78 is 58.6. The molecule has 0 saturated heterocycles. The van der Waals surface area contributed by atoms with Gasteiger partial charge in [-0.2, -0.15) is 13.9 Å². The first-order chi connectivity index (χ1) is 14.6. The van der Waals surface area contributed by atoms with Crippen LogP contribution in [0.1, 0.15) is 23.9 Å². The maximum Gasteiger partial charge on any atom is 0.388 e. The molecule has 0 aromatic carbocycles. The minimum atomic E-state index is -3.03. The van der Waals surface area contributed by atoms with Crippen molar-refractivity contribution in [3.05, 3.63) is 41.5 Å². The molecule has 1 aliphatic rings. The number of carbonyl (C=O) groups is 1. The van der Waals surface area contributed by atoms with E-state index in [0.29, 0.717) is 11.3 Å². The average Bonchev–Trinajstić information content (AvgIpc) is 3.21. The third-order valence-electron chi connectivity index (χ3n) is 5.11. The van der Waals surface area contributed by atoms with Crippen LogP contribution in [0.2, 0.25) is 0 Å². The Hall–Kier alpha value is -3.44. The molecule has 3 aromatic rings. The van der Waals surface area contributed by atoms with Crippen molar-refractivity contribution in [1.82, 2.24) is 19.6 Å². The first-order valence-electron chi connectivity index (χ1n) is 9.24. The summed E-state index contributed by atoms with van der Waals surface area (Å²) in [5.41, 5.74) is 0.194. The van der Waals surface area contributed by atoms with Gasteiger partial charge in [-0.25, -0.2) is 28.1 Å². The number of ether oxygens (including phenoxy) is 1. The zero-order valence-corrected chi connectivity index (χ0v) is 16.7. The van der Waals surface area contributed by atoms with Crippen LogP contribution in [0.3, 0.4) is 0 Å². The Labute approximate surface area is 173 Å². The van der Waals surface area contributed by atoms with Gasteiger partial charge in [0.25, 0.3) is 6.43 Å². The van der Waals surface area contributed by atoms with Crippen LogP contribution in [-0.4, -0.2) is 45.2 Å². The van der Waals surface area contributed by atoms with E-state index in [1.165, 1.54) is 30.6 Å². The third kappa shape index (κ3) is 3.51. The van der Waals surface area contributed by atoms with Crippen LogP contribution in [0.25, 0.3) is 5.65 Å². The molecule has 4 rings (SSSR count). The molecule has 12 heteroatoms. The van der Waals surface area contributed by atoms with Crippen molar-refractivity contribution in [3.8, 4) is 5.88 Å². The predicted octanol–water partition coefficient (Wildman–Crippen LogP) is 3.92. The quantitative estimate of drug-likeness (QED) is 0.625. The van der Waals surface area contributed by atoms with E-state index in [1.54, 1.807) is 13.0 Å². The molecule has 0 spiro atoms. The normalized spacial score (nSPS) is 18.2. The maximum absolute atomic E-state index is 14.1. The molecule has 0 saturated carbocycles. The Morgan fingerprint density at radius 2 is 1.94 bits per heavy atom. The van der Waals surface area contributed by atoms with E-state index in [0.717, 1.165) is 11.1 Å². The van der Waals surface area contributed by atoms with Gasteiger partial charge in [0.15, 0.2) is 5.65 Å². The van der Waals surface area contributed by atoms with E-state index < -0.39 is 24.5 Å². The van der Waals surface area contributed by atoms with Gasteiger partial charge < -0.3 is 10.1 Å². The van der Waals surface area contributed by atoms with Crippen LogP contribution in [0.15, 0.2) is 24.5 Å². The number of rotatable bonds is 4. The predicted molar refractivity (Wildman–Crippen MR) is 103 cm³/mol. The lowest BCUT2D eigenvalue weighted by Crippen LogP contribution is -2.41. The van der Waals surface area contributed by atoms with Gasteiger partial charge in [0.05, 0.1) is 40.6 Å². The Morgan fingerprint density at radius 1 is 1.19 bits per heavy atom. The van der Waals surface area contributed by atoms with E-state index in [4.69, 9.17) is 0 Å². The molecule has 1 aliphatic heterocycles. The van der Waals surface area contributed by atoms with Crippen molar-refractivity contribution >= 4 is 23.1 Å². The molecule has 0 unspecified atom stereocenters. The fraction of sp³-hybridized carbons (Fsp3) is 0.368. The summed E-state index contributed by atoms with van der Waals surface area (Å²) in [5.74, 6) is -0.273. The van der Waals surface area contributed by atoms with Gasteiger partial charge in [-0.3, -0.25) is 4.90 Å². The fourth-order valence-corrected chi connectivity index (χ4v) is 3.64. The highest BCUT2D eigenvalue weighted by Crippen LogP contribution is 2.44. The number of urea groups is 1. The zero-order valence-electron chi connectivity index (χ0n) is 16.7. The minimum Gasteiger partial charge on any atom is -0.417 e. The lowest BCUT2D eigenvalue weighted by atomic mass is 9.89. The van der Waals surface area contributed by atoms with Gasteiger partial charge in [-0.1, -0.05) is 0 Å². The van der Waals surface area contributed by atoms with Gasteiger partial charge in [-0.15, -0.1) is 0 Å². The molecule has 31 heavy (non-hydrogen) atoms. The molecule has 0 fully saturated rings. The van der Waals surface area contributed by atoms with Gasteiger partial charge in [0, 0.05) is 18.2 Å². The number of hydrogen-bond acceptors (Lipinski definition) is 5. The number of aryl methyl sites for hydroxylation is 2. The second kappa shape index (κ2) is 7.36. The number of fused-ring (bicyclic) bond motifs is 3. The molecule has 0 aliphatic carbocycles. The van der Waals surface area contributed by atoms with Crippen molar-refractivity contribution < 1.29 is 27.1 Å². The van der Waals surface area contributed by atoms with Crippen molar-refractivity contribution in [2.75, 3.05) is 16.8 Å². The highest BCUT2D eigenvalue weighted by atomic mass is 19.3. The van der Waals surface area contributed by atoms with Crippen LogP contribution in [0.4, 0.5) is 33.7 Å². The summed E-state index contributed by atoms with van der Waals surface area (Å²) >= 11 is 0. The van der Waals surface area contributed by atoms with Crippen LogP contribution in [0, 0.1) is 13.8 Å². The number of nitrogens with zero attached hydrogens (tertiary/aromatic N) is 5. The number of hydrogen-bond donors (Lipinski definition) is 1. The summed E-state index contributed by atoms with van der Waals surface area (Å²) in [6, 6.07) is 2.36. The van der Waals surface area contributed by atoms with E-state index in [1.807, 2.05) is 0 Å². The number of halogens is 4. The smallest absolute Gasteiger partial charge is 0.388 e. The number of carbonyl (C=O) groups excluding carboxylic acids is 1. The van der Waals surface area contributed by atoms with E-state index in [9.17, 15) is 22.4 Å². The molecule has 0 bridgehead atoms. The van der Waals surface area contributed by atoms with Crippen molar-refractivity contribution in [1.29, 1.82) is 0 Å². The van der Waals surface area contributed by atoms with Gasteiger partial charge >= 0.3 is 12.6 Å². The van der Waals surface area contributed by atoms with Gasteiger partial charge in [-0.05, 0) is 26.8 Å². The second-order valence-electron chi connectivity index (χ2n) is 7.51. The van der Waals surface area contributed by atoms with Crippen LogP contribution >= 0.6 is 0 Å². The van der Waals surface area contributed by atoms with Crippen molar-refractivity contribution in [3.63, 3.8) is 0 Å². The fourth-order valence-electron chi connectivity index (χ4n) is 3.64. The Kier molecular flexibility index (Phi) is 4.94. The number of pyridine rings is 1. The van der Waals surface area contributed by atoms with Crippen LogP contribution in [0.5, 0.6) is 5.88 Å². The largest absolute Gasteiger partial charge is 0.417 e. The summed E-state index contributed by atoms with van der Waals surface area (Å²) in [5, 5.41) is 6.82. The SMILES string of the molecule is Cc1cc2ncc3c(n2n1)[C@](C)(C(F)F)CN3C(=O)Nc1cnc(OC(F)F)c(C)c1. The lowest BCUT2D eigenvalue weighted by Gasteiger charge is -2.24. The first kappa shape index (κ1) is 20.8. The third-order valence-corrected chi connectivity index (χ3v) is 5.11. The number of aromatic nitrogens is 4. The molecule has 1 N–H and O–H groups in total. The highest BCUT2D eigenvalue weighted by molar-refractivity contribution is 6.03. The minimum absolute atomic E-state index is 0.186. The molecule has 8 nitrogen and oxygen atoms in total.